The van der Waals surface area contributed by atoms with Crippen LogP contribution in [0.1, 0.15) is 22.7 Å². The summed E-state index contributed by atoms with van der Waals surface area (Å²) >= 11 is 0. The van der Waals surface area contributed by atoms with Gasteiger partial charge in [0.05, 0.1) is 19.8 Å². The molecule has 0 aliphatic carbocycles. The minimum atomic E-state index is 0.219. The number of aryl methyl sites for hydroxylation is 1. The maximum absolute atomic E-state index is 9.55. The number of nitrogens with one attached hydrogen (secondary N) is 1. The standard InChI is InChI=1S/C23H24N4O2/c1-15-4-6-16(7-5-15)20-14-27(9-8-25-20)23-19-11-22(29-3)21(28-2)10-18(19)17(12-24)13-26-23/h4-7,10-11,13,20,25H,8-9,14H2,1-3H3/t20-/m0/s1. The van der Waals surface area contributed by atoms with E-state index in [0.717, 1.165) is 36.2 Å². The van der Waals surface area contributed by atoms with Gasteiger partial charge in [-0.1, -0.05) is 29.8 Å². The zero-order valence-electron chi connectivity index (χ0n) is 16.9. The summed E-state index contributed by atoms with van der Waals surface area (Å²) in [5, 5.41) is 14.9. The molecule has 0 amide bonds. The Balaban J connectivity index is 1.76. The molecular weight excluding hydrogens is 364 g/mol. The Morgan fingerprint density at radius 3 is 2.45 bits per heavy atom. The van der Waals surface area contributed by atoms with Crippen molar-refractivity contribution in [1.29, 1.82) is 5.26 Å². The molecular formula is C23H24N4O2. The van der Waals surface area contributed by atoms with Crippen LogP contribution in [0.2, 0.25) is 0 Å². The zero-order valence-corrected chi connectivity index (χ0v) is 16.9. The van der Waals surface area contributed by atoms with Crippen LogP contribution >= 0.6 is 0 Å². The van der Waals surface area contributed by atoms with Crippen LogP contribution in [-0.4, -0.2) is 38.8 Å². The Labute approximate surface area is 170 Å². The molecule has 1 fully saturated rings. The molecule has 29 heavy (non-hydrogen) atoms. The topological polar surface area (TPSA) is 70.4 Å². The third kappa shape index (κ3) is 3.57. The number of rotatable bonds is 4. The molecule has 1 atom stereocenters. The molecule has 1 N–H and O–H groups in total. The minimum Gasteiger partial charge on any atom is -0.493 e. The fourth-order valence-electron chi connectivity index (χ4n) is 3.86. The molecule has 0 bridgehead atoms. The molecule has 1 aromatic heterocycles. The molecule has 1 aliphatic rings. The second-order valence-corrected chi connectivity index (χ2v) is 7.22. The molecule has 2 heterocycles. The predicted molar refractivity (Wildman–Crippen MR) is 114 cm³/mol. The van der Waals surface area contributed by atoms with Crippen LogP contribution in [0.4, 0.5) is 5.82 Å². The molecule has 3 aromatic rings. The van der Waals surface area contributed by atoms with E-state index in [1.54, 1.807) is 20.4 Å². The van der Waals surface area contributed by atoms with Crippen molar-refractivity contribution in [2.75, 3.05) is 38.8 Å². The number of nitrogens with zero attached hydrogens (tertiary/aromatic N) is 3. The third-order valence-electron chi connectivity index (χ3n) is 5.45. The number of nitriles is 1. The summed E-state index contributed by atoms with van der Waals surface area (Å²) < 4.78 is 10.9. The van der Waals surface area contributed by atoms with E-state index in [4.69, 9.17) is 9.47 Å². The number of benzene rings is 2. The quantitative estimate of drug-likeness (QED) is 0.737. The van der Waals surface area contributed by atoms with Gasteiger partial charge in [0.1, 0.15) is 11.9 Å². The number of hydrogen-bond acceptors (Lipinski definition) is 6. The maximum Gasteiger partial charge on any atom is 0.161 e. The molecule has 6 heteroatoms. The van der Waals surface area contributed by atoms with E-state index in [2.05, 4.69) is 52.5 Å². The number of pyridine rings is 1. The van der Waals surface area contributed by atoms with Gasteiger partial charge >= 0.3 is 0 Å². The molecule has 1 aliphatic heterocycles. The van der Waals surface area contributed by atoms with Gasteiger partial charge in [0.25, 0.3) is 0 Å². The van der Waals surface area contributed by atoms with E-state index in [9.17, 15) is 5.26 Å². The molecule has 0 unspecified atom stereocenters. The molecule has 2 aromatic carbocycles. The van der Waals surface area contributed by atoms with Gasteiger partial charge in [0.15, 0.2) is 11.5 Å². The van der Waals surface area contributed by atoms with Crippen LogP contribution in [-0.2, 0) is 0 Å². The van der Waals surface area contributed by atoms with Gasteiger partial charge in [-0.15, -0.1) is 0 Å². The number of fused-ring (bicyclic) bond motifs is 1. The molecule has 6 nitrogen and oxygen atoms in total. The summed E-state index contributed by atoms with van der Waals surface area (Å²) in [7, 11) is 3.21. The molecule has 0 spiro atoms. The average molecular weight is 388 g/mol. The van der Waals surface area contributed by atoms with Gasteiger partial charge in [0, 0.05) is 42.6 Å². The Morgan fingerprint density at radius 2 is 1.79 bits per heavy atom. The van der Waals surface area contributed by atoms with Crippen molar-refractivity contribution in [3.63, 3.8) is 0 Å². The lowest BCUT2D eigenvalue weighted by molar-refractivity contribution is 0.356. The Kier molecular flexibility index (Phi) is 5.24. The first kappa shape index (κ1) is 19.0. The van der Waals surface area contributed by atoms with E-state index in [-0.39, 0.29) is 6.04 Å². The number of anilines is 1. The summed E-state index contributed by atoms with van der Waals surface area (Å²) in [5.41, 5.74) is 3.04. The van der Waals surface area contributed by atoms with Crippen molar-refractivity contribution in [3.05, 3.63) is 59.3 Å². The largest absolute Gasteiger partial charge is 0.493 e. The highest BCUT2D eigenvalue weighted by Gasteiger charge is 2.24. The van der Waals surface area contributed by atoms with Gasteiger partial charge in [-0.2, -0.15) is 5.26 Å². The summed E-state index contributed by atoms with van der Waals surface area (Å²) in [5.74, 6) is 2.09. The molecule has 148 valence electrons. The molecule has 0 radical (unpaired) electrons. The van der Waals surface area contributed by atoms with Gasteiger partial charge in [-0.25, -0.2) is 4.98 Å². The number of piperazine rings is 1. The number of methoxy groups -OCH3 is 2. The SMILES string of the molecule is COc1cc2c(C#N)cnc(N3CCN[C@H](c4ccc(C)cc4)C3)c2cc1OC. The van der Waals surface area contributed by atoms with Crippen molar-refractivity contribution in [1.82, 2.24) is 10.3 Å². The van der Waals surface area contributed by atoms with Crippen molar-refractivity contribution >= 4 is 16.6 Å². The smallest absolute Gasteiger partial charge is 0.161 e. The number of hydrogen-bond donors (Lipinski definition) is 1. The first-order valence-corrected chi connectivity index (χ1v) is 9.64. The monoisotopic (exact) mass is 388 g/mol. The second kappa shape index (κ2) is 7.98. The van der Waals surface area contributed by atoms with Crippen LogP contribution in [0.15, 0.2) is 42.6 Å². The summed E-state index contributed by atoms with van der Waals surface area (Å²) in [6.07, 6.45) is 1.65. The normalized spacial score (nSPS) is 16.5. The van der Waals surface area contributed by atoms with E-state index in [1.807, 2.05) is 12.1 Å². The van der Waals surface area contributed by atoms with Crippen LogP contribution in [0, 0.1) is 18.3 Å². The Hall–Kier alpha value is -3.30. The van der Waals surface area contributed by atoms with Crippen LogP contribution in [0.25, 0.3) is 10.8 Å². The summed E-state index contributed by atoms with van der Waals surface area (Å²) in [4.78, 5) is 6.93. The Bertz CT molecular complexity index is 1070. The lowest BCUT2D eigenvalue weighted by atomic mass is 10.0. The lowest BCUT2D eigenvalue weighted by Crippen LogP contribution is -2.46. The molecule has 1 saturated heterocycles. The van der Waals surface area contributed by atoms with Crippen LogP contribution in [0.5, 0.6) is 11.5 Å². The van der Waals surface area contributed by atoms with Gasteiger partial charge in [-0.3, -0.25) is 0 Å². The van der Waals surface area contributed by atoms with Gasteiger partial charge in [0.2, 0.25) is 0 Å². The Morgan fingerprint density at radius 1 is 1.10 bits per heavy atom. The van der Waals surface area contributed by atoms with E-state index < -0.39 is 0 Å². The third-order valence-corrected chi connectivity index (χ3v) is 5.45. The first-order chi connectivity index (χ1) is 14.1. The number of aromatic nitrogens is 1. The first-order valence-electron chi connectivity index (χ1n) is 9.64. The van der Waals surface area contributed by atoms with Crippen molar-refractivity contribution in [3.8, 4) is 17.6 Å². The lowest BCUT2D eigenvalue weighted by Gasteiger charge is -2.35. The fraction of sp³-hybridized carbons (Fsp3) is 0.304. The summed E-state index contributed by atoms with van der Waals surface area (Å²) in [6, 6.07) is 14.9. The predicted octanol–water partition coefficient (Wildman–Crippen LogP) is 3.58. The molecule has 4 rings (SSSR count). The van der Waals surface area contributed by atoms with Gasteiger partial charge < -0.3 is 19.7 Å². The number of ether oxygens (including phenoxy) is 2. The fourth-order valence-corrected chi connectivity index (χ4v) is 3.86. The highest BCUT2D eigenvalue weighted by Crippen LogP contribution is 2.37. The van der Waals surface area contributed by atoms with E-state index in [1.165, 1.54) is 11.1 Å². The average Bonchev–Trinajstić information content (AvgIpc) is 2.77. The second-order valence-electron chi connectivity index (χ2n) is 7.22. The maximum atomic E-state index is 9.55. The van der Waals surface area contributed by atoms with Crippen molar-refractivity contribution < 1.29 is 9.47 Å². The summed E-state index contributed by atoms with van der Waals surface area (Å²) in [6.45, 7) is 4.59. The van der Waals surface area contributed by atoms with E-state index >= 15 is 0 Å². The van der Waals surface area contributed by atoms with Crippen LogP contribution in [0.3, 0.4) is 0 Å². The minimum absolute atomic E-state index is 0.219. The zero-order chi connectivity index (χ0) is 20.4. The van der Waals surface area contributed by atoms with Gasteiger partial charge in [-0.05, 0) is 24.6 Å². The van der Waals surface area contributed by atoms with Crippen LogP contribution < -0.4 is 19.7 Å². The molecule has 0 saturated carbocycles. The van der Waals surface area contributed by atoms with Crippen molar-refractivity contribution in [2.24, 2.45) is 0 Å². The van der Waals surface area contributed by atoms with Crippen molar-refractivity contribution in [2.45, 2.75) is 13.0 Å². The highest BCUT2D eigenvalue weighted by molar-refractivity contribution is 5.98. The highest BCUT2D eigenvalue weighted by atomic mass is 16.5. The van der Waals surface area contributed by atoms with E-state index in [0.29, 0.717) is 17.1 Å².